The van der Waals surface area contributed by atoms with Crippen molar-refractivity contribution in [2.75, 3.05) is 0 Å². The van der Waals surface area contributed by atoms with Crippen LogP contribution >= 0.6 is 0 Å². The molecule has 0 saturated carbocycles. The third-order valence-electron chi connectivity index (χ3n) is 2.32. The molecule has 2 rings (SSSR count). The summed E-state index contributed by atoms with van der Waals surface area (Å²) in [4.78, 5) is 10.7. The molecule has 0 atom stereocenters. The molecule has 4 nitrogen and oxygen atoms in total. The summed E-state index contributed by atoms with van der Waals surface area (Å²) in [5.41, 5.74) is -0.233. The van der Waals surface area contributed by atoms with E-state index in [0.717, 1.165) is 0 Å². The molecule has 15 heavy (non-hydrogen) atoms. The lowest BCUT2D eigenvalue weighted by molar-refractivity contribution is 0.0689. The van der Waals surface area contributed by atoms with Crippen LogP contribution in [0.15, 0.2) is 18.3 Å². The van der Waals surface area contributed by atoms with E-state index in [1.165, 1.54) is 12.1 Å². The summed E-state index contributed by atoms with van der Waals surface area (Å²) in [5.74, 6) is -2.94. The second-order valence-corrected chi connectivity index (χ2v) is 3.25. The van der Waals surface area contributed by atoms with Gasteiger partial charge in [0.15, 0.2) is 5.82 Å². The molecule has 0 aliphatic carbocycles. The number of aromatic nitrogens is 1. The van der Waals surface area contributed by atoms with Crippen molar-refractivity contribution in [1.29, 1.82) is 0 Å². The Hall–Kier alpha value is -2.04. The number of aromatic hydroxyl groups is 1. The number of carboxylic acid groups (broad SMARTS) is 1. The van der Waals surface area contributed by atoms with Crippen LogP contribution in [0.1, 0.15) is 10.4 Å². The fourth-order valence-electron chi connectivity index (χ4n) is 1.56. The van der Waals surface area contributed by atoms with E-state index in [1.54, 1.807) is 17.8 Å². The highest BCUT2D eigenvalue weighted by Gasteiger charge is 2.20. The fourth-order valence-corrected chi connectivity index (χ4v) is 1.56. The van der Waals surface area contributed by atoms with E-state index >= 15 is 0 Å². The van der Waals surface area contributed by atoms with Gasteiger partial charge in [-0.2, -0.15) is 0 Å². The summed E-state index contributed by atoms with van der Waals surface area (Å²) >= 11 is 0. The average molecular weight is 209 g/mol. The maximum Gasteiger partial charge on any atom is 0.342 e. The van der Waals surface area contributed by atoms with Crippen molar-refractivity contribution in [1.82, 2.24) is 4.57 Å². The van der Waals surface area contributed by atoms with Crippen molar-refractivity contribution >= 4 is 16.9 Å². The highest BCUT2D eigenvalue weighted by molar-refractivity contribution is 5.97. The summed E-state index contributed by atoms with van der Waals surface area (Å²) in [6, 6.07) is 2.71. The maximum absolute atomic E-state index is 13.6. The van der Waals surface area contributed by atoms with E-state index in [-0.39, 0.29) is 5.39 Å². The Morgan fingerprint density at radius 3 is 2.80 bits per heavy atom. The van der Waals surface area contributed by atoms with Crippen molar-refractivity contribution in [3.8, 4) is 5.75 Å². The van der Waals surface area contributed by atoms with Gasteiger partial charge in [0, 0.05) is 24.7 Å². The van der Waals surface area contributed by atoms with E-state index in [4.69, 9.17) is 5.11 Å². The molecule has 0 aliphatic heterocycles. The predicted octanol–water partition coefficient (Wildman–Crippen LogP) is 1.72. The summed E-state index contributed by atoms with van der Waals surface area (Å²) in [6.07, 6.45) is 1.60. The number of hydrogen-bond acceptors (Lipinski definition) is 2. The minimum Gasteiger partial charge on any atom is -0.507 e. The van der Waals surface area contributed by atoms with E-state index in [9.17, 15) is 14.3 Å². The Kier molecular flexibility index (Phi) is 1.89. The fraction of sp³-hybridized carbons (Fsp3) is 0.100. The Morgan fingerprint density at radius 1 is 1.53 bits per heavy atom. The standard InChI is InChI=1S/C10H8FNO3/c1-12-3-2-5-6(12)4-7(13)8(9(5)11)10(14)15/h2-4,13H,1H3,(H,14,15). The Balaban J connectivity index is 2.91. The van der Waals surface area contributed by atoms with Crippen LogP contribution in [0.4, 0.5) is 4.39 Å². The summed E-state index contributed by atoms with van der Waals surface area (Å²) in [6.45, 7) is 0. The largest absolute Gasteiger partial charge is 0.507 e. The van der Waals surface area contributed by atoms with Crippen LogP contribution in [0.5, 0.6) is 5.75 Å². The first-order valence-electron chi connectivity index (χ1n) is 4.22. The van der Waals surface area contributed by atoms with Gasteiger partial charge in [0.05, 0.1) is 5.52 Å². The lowest BCUT2D eigenvalue weighted by Gasteiger charge is -2.03. The first kappa shape index (κ1) is 9.51. The molecule has 0 spiro atoms. The third-order valence-corrected chi connectivity index (χ3v) is 2.32. The number of benzene rings is 1. The number of rotatable bonds is 1. The number of carbonyl (C=O) groups is 1. The lowest BCUT2D eigenvalue weighted by atomic mass is 10.1. The van der Waals surface area contributed by atoms with Crippen LogP contribution in [-0.4, -0.2) is 20.7 Å². The van der Waals surface area contributed by atoms with Gasteiger partial charge in [-0.05, 0) is 6.07 Å². The van der Waals surface area contributed by atoms with E-state index < -0.39 is 23.1 Å². The molecule has 1 aromatic heterocycles. The molecule has 0 unspecified atom stereocenters. The number of hydrogen-bond donors (Lipinski definition) is 2. The minimum absolute atomic E-state index is 0.188. The molecular weight excluding hydrogens is 201 g/mol. The van der Waals surface area contributed by atoms with Gasteiger partial charge in [-0.3, -0.25) is 0 Å². The Bertz CT molecular complexity index is 559. The molecule has 0 fully saturated rings. The first-order valence-corrected chi connectivity index (χ1v) is 4.22. The molecular formula is C10H8FNO3. The highest BCUT2D eigenvalue weighted by atomic mass is 19.1. The van der Waals surface area contributed by atoms with Crippen LogP contribution in [-0.2, 0) is 7.05 Å². The van der Waals surface area contributed by atoms with Gasteiger partial charge in [-0.25, -0.2) is 9.18 Å². The zero-order valence-corrected chi connectivity index (χ0v) is 7.86. The molecule has 78 valence electrons. The summed E-state index contributed by atoms with van der Waals surface area (Å²) < 4.78 is 15.2. The van der Waals surface area contributed by atoms with Crippen LogP contribution in [0, 0.1) is 5.82 Å². The highest BCUT2D eigenvalue weighted by Crippen LogP contribution is 2.29. The Labute approximate surface area is 84.2 Å². The van der Waals surface area contributed by atoms with Crippen LogP contribution in [0.25, 0.3) is 10.9 Å². The molecule has 0 aliphatic rings. The molecule has 2 N–H and O–H groups in total. The number of phenols is 1. The topological polar surface area (TPSA) is 62.5 Å². The molecule has 0 amide bonds. The quantitative estimate of drug-likeness (QED) is 0.751. The van der Waals surface area contributed by atoms with Gasteiger partial charge < -0.3 is 14.8 Å². The SMILES string of the molecule is Cn1ccc2c(F)c(C(=O)O)c(O)cc21. The van der Waals surface area contributed by atoms with E-state index in [1.807, 2.05) is 0 Å². The minimum atomic E-state index is -1.48. The molecule has 1 heterocycles. The van der Waals surface area contributed by atoms with Gasteiger partial charge >= 0.3 is 5.97 Å². The number of halogens is 1. The zero-order chi connectivity index (χ0) is 11.2. The number of aromatic carboxylic acids is 1. The summed E-state index contributed by atoms with van der Waals surface area (Å²) in [5, 5.41) is 18.3. The lowest BCUT2D eigenvalue weighted by Crippen LogP contribution is -2.01. The van der Waals surface area contributed by atoms with Crippen molar-refractivity contribution in [3.63, 3.8) is 0 Å². The van der Waals surface area contributed by atoms with Gasteiger partial charge in [-0.15, -0.1) is 0 Å². The van der Waals surface area contributed by atoms with Crippen molar-refractivity contribution < 1.29 is 19.4 Å². The third kappa shape index (κ3) is 1.24. The number of aryl methyl sites for hydroxylation is 1. The van der Waals surface area contributed by atoms with Gasteiger partial charge in [0.1, 0.15) is 11.3 Å². The van der Waals surface area contributed by atoms with Crippen molar-refractivity contribution in [2.24, 2.45) is 7.05 Å². The van der Waals surface area contributed by atoms with Gasteiger partial charge in [0.2, 0.25) is 0 Å². The molecule has 0 bridgehead atoms. The summed E-state index contributed by atoms with van der Waals surface area (Å²) in [7, 11) is 1.68. The smallest absolute Gasteiger partial charge is 0.342 e. The van der Waals surface area contributed by atoms with Crippen LogP contribution in [0.3, 0.4) is 0 Å². The number of fused-ring (bicyclic) bond motifs is 1. The monoisotopic (exact) mass is 209 g/mol. The van der Waals surface area contributed by atoms with Crippen molar-refractivity contribution in [3.05, 3.63) is 29.7 Å². The molecule has 0 saturated heterocycles. The molecule has 2 aromatic rings. The predicted molar refractivity (Wildman–Crippen MR) is 51.5 cm³/mol. The average Bonchev–Trinajstić information content (AvgIpc) is 2.47. The van der Waals surface area contributed by atoms with Gasteiger partial charge in [0.25, 0.3) is 0 Å². The van der Waals surface area contributed by atoms with Gasteiger partial charge in [-0.1, -0.05) is 0 Å². The van der Waals surface area contributed by atoms with Crippen LogP contribution in [0.2, 0.25) is 0 Å². The first-order chi connectivity index (χ1) is 7.02. The number of nitrogens with zero attached hydrogens (tertiary/aromatic N) is 1. The number of carboxylic acids is 1. The van der Waals surface area contributed by atoms with Crippen molar-refractivity contribution in [2.45, 2.75) is 0 Å². The second kappa shape index (κ2) is 2.98. The normalized spacial score (nSPS) is 10.8. The van der Waals surface area contributed by atoms with E-state index in [2.05, 4.69) is 0 Å². The van der Waals surface area contributed by atoms with Crippen LogP contribution < -0.4 is 0 Å². The zero-order valence-electron chi connectivity index (χ0n) is 7.86. The maximum atomic E-state index is 13.6. The molecule has 0 radical (unpaired) electrons. The molecule has 1 aromatic carbocycles. The second-order valence-electron chi connectivity index (χ2n) is 3.25. The Morgan fingerprint density at radius 2 is 2.20 bits per heavy atom. The molecule has 5 heteroatoms. The van der Waals surface area contributed by atoms with E-state index in [0.29, 0.717) is 5.52 Å².